The molecule has 140 valence electrons. The third kappa shape index (κ3) is 6.38. The lowest BCUT2D eigenvalue weighted by Gasteiger charge is -2.14. The molecule has 8 heteroatoms. The minimum atomic E-state index is -0.492. The van der Waals surface area contributed by atoms with E-state index in [4.69, 9.17) is 14.7 Å². The molecule has 0 atom stereocenters. The summed E-state index contributed by atoms with van der Waals surface area (Å²) in [7, 11) is 0. The van der Waals surface area contributed by atoms with Gasteiger partial charge >= 0.3 is 0 Å². The third-order valence-corrected chi connectivity index (χ3v) is 3.99. The number of rotatable bonds is 8. The van der Waals surface area contributed by atoms with Gasteiger partial charge in [-0.1, -0.05) is 12.1 Å². The Morgan fingerprint density at radius 1 is 1.30 bits per heavy atom. The molecule has 0 saturated heterocycles. The number of carbonyl (C=O) groups is 1. The molecule has 2 aromatic rings. The maximum absolute atomic E-state index is 13.0. The van der Waals surface area contributed by atoms with Gasteiger partial charge in [0.25, 0.3) is 5.91 Å². The molecule has 0 radical (unpaired) electrons. The maximum Gasteiger partial charge on any atom is 0.254 e. The van der Waals surface area contributed by atoms with Crippen molar-refractivity contribution >= 4 is 28.1 Å². The molecule has 6 nitrogen and oxygen atoms in total. The van der Waals surface area contributed by atoms with Crippen LogP contribution in [0.4, 0.5) is 4.39 Å². The normalized spacial score (nSPS) is 10.4. The maximum atomic E-state index is 13.0. The van der Waals surface area contributed by atoms with Crippen LogP contribution < -0.4 is 14.9 Å². The van der Waals surface area contributed by atoms with Crippen molar-refractivity contribution in [1.29, 1.82) is 5.26 Å². The second-order valence-electron chi connectivity index (χ2n) is 5.30. The van der Waals surface area contributed by atoms with Gasteiger partial charge in [-0.2, -0.15) is 10.4 Å². The summed E-state index contributed by atoms with van der Waals surface area (Å²) in [6.07, 6.45) is 1.17. The van der Waals surface area contributed by atoms with E-state index in [0.29, 0.717) is 28.1 Å². The SMILES string of the molecule is CCOc1cc(/C=N\NC(=O)CC#N)c(Br)cc1OCc1ccc(F)cc1. The number of hydrogen-bond acceptors (Lipinski definition) is 5. The summed E-state index contributed by atoms with van der Waals surface area (Å²) in [6, 6.07) is 11.2. The van der Waals surface area contributed by atoms with Gasteiger partial charge in [-0.25, -0.2) is 9.82 Å². The Balaban J connectivity index is 2.14. The standard InChI is InChI=1S/C19H17BrFN3O3/c1-2-26-17-9-14(11-23-24-19(25)7-8-22)16(20)10-18(17)27-12-13-3-5-15(21)6-4-13/h3-6,9-11H,2,7,12H2,1H3,(H,24,25)/b23-11-. The lowest BCUT2D eigenvalue weighted by molar-refractivity contribution is -0.120. The van der Waals surface area contributed by atoms with Crippen LogP contribution in [0.25, 0.3) is 0 Å². The van der Waals surface area contributed by atoms with Crippen LogP contribution in [0.3, 0.4) is 0 Å². The van der Waals surface area contributed by atoms with Crippen LogP contribution in [0.1, 0.15) is 24.5 Å². The lowest BCUT2D eigenvalue weighted by atomic mass is 10.2. The number of hydrazone groups is 1. The van der Waals surface area contributed by atoms with Crippen molar-refractivity contribution in [3.8, 4) is 17.6 Å². The van der Waals surface area contributed by atoms with E-state index in [0.717, 1.165) is 5.56 Å². The molecule has 2 aromatic carbocycles. The summed E-state index contributed by atoms with van der Waals surface area (Å²) in [5, 5.41) is 12.3. The average Bonchev–Trinajstić information content (AvgIpc) is 2.64. The van der Waals surface area contributed by atoms with E-state index in [-0.39, 0.29) is 18.8 Å². The smallest absolute Gasteiger partial charge is 0.254 e. The molecule has 0 saturated carbocycles. The molecule has 0 spiro atoms. The quantitative estimate of drug-likeness (QED) is 0.504. The average molecular weight is 434 g/mol. The van der Waals surface area contributed by atoms with Gasteiger partial charge in [-0.05, 0) is 52.7 Å². The van der Waals surface area contributed by atoms with Gasteiger partial charge in [-0.15, -0.1) is 0 Å². The predicted octanol–water partition coefficient (Wildman–Crippen LogP) is 3.93. The molecule has 0 aliphatic carbocycles. The van der Waals surface area contributed by atoms with Gasteiger partial charge in [-0.3, -0.25) is 4.79 Å². The zero-order chi connectivity index (χ0) is 19.6. The first-order valence-corrected chi connectivity index (χ1v) is 8.85. The summed E-state index contributed by atoms with van der Waals surface area (Å²) >= 11 is 3.42. The van der Waals surface area contributed by atoms with Crippen LogP contribution in [0.2, 0.25) is 0 Å². The first-order chi connectivity index (χ1) is 13.0. The van der Waals surface area contributed by atoms with E-state index in [2.05, 4.69) is 26.5 Å². The van der Waals surface area contributed by atoms with E-state index in [1.165, 1.54) is 18.3 Å². The number of hydrogen-bond donors (Lipinski definition) is 1. The summed E-state index contributed by atoms with van der Waals surface area (Å²) < 4.78 is 25.1. The number of amides is 1. The molecule has 1 amide bonds. The summed E-state index contributed by atoms with van der Waals surface area (Å²) in [5.41, 5.74) is 3.74. The van der Waals surface area contributed by atoms with Crippen LogP contribution in [-0.4, -0.2) is 18.7 Å². The monoisotopic (exact) mass is 433 g/mol. The van der Waals surface area contributed by atoms with Gasteiger partial charge in [0.1, 0.15) is 18.8 Å². The lowest BCUT2D eigenvalue weighted by Crippen LogP contribution is -2.16. The second-order valence-corrected chi connectivity index (χ2v) is 6.15. The number of nitrogens with zero attached hydrogens (tertiary/aromatic N) is 2. The summed E-state index contributed by atoms with van der Waals surface area (Å²) in [6.45, 7) is 2.54. The molecule has 27 heavy (non-hydrogen) atoms. The number of carbonyl (C=O) groups excluding carboxylic acids is 1. The Morgan fingerprint density at radius 3 is 2.67 bits per heavy atom. The predicted molar refractivity (Wildman–Crippen MR) is 102 cm³/mol. The zero-order valence-electron chi connectivity index (χ0n) is 14.5. The molecule has 0 aliphatic heterocycles. The van der Waals surface area contributed by atoms with Crippen molar-refractivity contribution in [1.82, 2.24) is 5.43 Å². The molecule has 0 fully saturated rings. The number of ether oxygens (including phenoxy) is 2. The van der Waals surface area contributed by atoms with Crippen LogP contribution in [0.5, 0.6) is 11.5 Å². The second kappa shape index (κ2) is 10.3. The van der Waals surface area contributed by atoms with E-state index in [1.807, 2.05) is 6.92 Å². The minimum Gasteiger partial charge on any atom is -0.490 e. The number of nitriles is 1. The van der Waals surface area contributed by atoms with Crippen LogP contribution in [-0.2, 0) is 11.4 Å². The fourth-order valence-corrected chi connectivity index (χ4v) is 2.48. The Bertz CT molecular complexity index is 864. The summed E-state index contributed by atoms with van der Waals surface area (Å²) in [5.74, 6) is 0.225. The topological polar surface area (TPSA) is 83.7 Å². The highest BCUT2D eigenvalue weighted by molar-refractivity contribution is 9.10. The molecular weight excluding hydrogens is 417 g/mol. The van der Waals surface area contributed by atoms with E-state index < -0.39 is 5.91 Å². The van der Waals surface area contributed by atoms with E-state index in [9.17, 15) is 9.18 Å². The molecule has 1 N–H and O–H groups in total. The minimum absolute atomic E-state index is 0.254. The largest absolute Gasteiger partial charge is 0.490 e. The molecule has 0 bridgehead atoms. The molecule has 0 aromatic heterocycles. The van der Waals surface area contributed by atoms with Crippen LogP contribution in [0.15, 0.2) is 46.0 Å². The molecular formula is C19H17BrFN3O3. The van der Waals surface area contributed by atoms with Gasteiger partial charge < -0.3 is 9.47 Å². The molecule has 2 rings (SSSR count). The van der Waals surface area contributed by atoms with Gasteiger partial charge in [0.15, 0.2) is 11.5 Å². The van der Waals surface area contributed by atoms with Crippen molar-refractivity contribution in [2.45, 2.75) is 20.0 Å². The third-order valence-electron chi connectivity index (χ3n) is 3.30. The highest BCUT2D eigenvalue weighted by Gasteiger charge is 2.11. The van der Waals surface area contributed by atoms with Crippen molar-refractivity contribution in [2.24, 2.45) is 5.10 Å². The van der Waals surface area contributed by atoms with E-state index in [1.54, 1.807) is 30.3 Å². The Kier molecular flexibility index (Phi) is 7.77. The number of nitrogens with one attached hydrogen (secondary N) is 1. The Morgan fingerprint density at radius 2 is 2.00 bits per heavy atom. The molecule has 0 aliphatic rings. The fraction of sp³-hybridized carbons (Fsp3) is 0.211. The summed E-state index contributed by atoms with van der Waals surface area (Å²) in [4.78, 5) is 11.3. The molecule has 0 heterocycles. The Labute approximate surface area is 164 Å². The van der Waals surface area contributed by atoms with Crippen molar-refractivity contribution < 1.29 is 18.7 Å². The van der Waals surface area contributed by atoms with Crippen molar-refractivity contribution in [3.05, 3.63) is 57.8 Å². The number of benzene rings is 2. The first kappa shape index (κ1) is 20.4. The highest BCUT2D eigenvalue weighted by atomic mass is 79.9. The van der Waals surface area contributed by atoms with Gasteiger partial charge in [0.05, 0.1) is 18.9 Å². The fourth-order valence-electron chi connectivity index (χ4n) is 2.06. The molecule has 0 unspecified atom stereocenters. The van der Waals surface area contributed by atoms with Crippen LogP contribution in [0, 0.1) is 17.1 Å². The number of halogens is 2. The van der Waals surface area contributed by atoms with Crippen molar-refractivity contribution in [3.63, 3.8) is 0 Å². The van der Waals surface area contributed by atoms with E-state index >= 15 is 0 Å². The van der Waals surface area contributed by atoms with Gasteiger partial charge in [0, 0.05) is 10.0 Å². The Hall–Kier alpha value is -2.92. The zero-order valence-corrected chi connectivity index (χ0v) is 16.1. The van der Waals surface area contributed by atoms with Gasteiger partial charge in [0.2, 0.25) is 0 Å². The van der Waals surface area contributed by atoms with Crippen LogP contribution >= 0.6 is 15.9 Å². The highest BCUT2D eigenvalue weighted by Crippen LogP contribution is 2.33. The first-order valence-electron chi connectivity index (χ1n) is 8.06. The van der Waals surface area contributed by atoms with Crippen molar-refractivity contribution in [2.75, 3.05) is 6.61 Å².